The molecule has 1 aromatic rings. The van der Waals surface area contributed by atoms with E-state index in [2.05, 4.69) is 4.74 Å². The lowest BCUT2D eigenvalue weighted by molar-refractivity contribution is -0.141. The van der Waals surface area contributed by atoms with Crippen LogP contribution in [0.25, 0.3) is 0 Å². The van der Waals surface area contributed by atoms with E-state index in [1.165, 1.54) is 14.2 Å². The second-order valence-corrected chi connectivity index (χ2v) is 4.30. The lowest BCUT2D eigenvalue weighted by atomic mass is 9.94. The van der Waals surface area contributed by atoms with Crippen molar-refractivity contribution in [1.29, 1.82) is 10.5 Å². The van der Waals surface area contributed by atoms with Gasteiger partial charge < -0.3 is 9.47 Å². The van der Waals surface area contributed by atoms with Crippen LogP contribution in [0.5, 0.6) is 0 Å². The number of hydrogen-bond donors (Lipinski definition) is 0. The first-order valence-electron chi connectivity index (χ1n) is 6.08. The molecule has 104 valence electrons. The van der Waals surface area contributed by atoms with Crippen LogP contribution in [0.15, 0.2) is 24.3 Å². The molecule has 0 aliphatic rings. The molecule has 0 aromatic heterocycles. The highest BCUT2D eigenvalue weighted by molar-refractivity contribution is 5.77. The maximum absolute atomic E-state index is 11.5. The molecule has 2 atom stereocenters. The van der Waals surface area contributed by atoms with E-state index in [1.54, 1.807) is 31.2 Å². The first-order valence-corrected chi connectivity index (χ1v) is 6.08. The molecular weight excluding hydrogens is 256 g/mol. The Morgan fingerprint density at radius 2 is 1.60 bits per heavy atom. The van der Waals surface area contributed by atoms with Crippen molar-refractivity contribution in [3.63, 3.8) is 0 Å². The Morgan fingerprint density at radius 3 is 2.00 bits per heavy atom. The average Bonchev–Trinajstić information content (AvgIpc) is 2.51. The van der Waals surface area contributed by atoms with Crippen molar-refractivity contribution in [2.45, 2.75) is 18.9 Å². The third-order valence-electron chi connectivity index (χ3n) is 3.15. The van der Waals surface area contributed by atoms with Crippen LogP contribution in [-0.4, -0.2) is 20.2 Å². The van der Waals surface area contributed by atoms with Gasteiger partial charge in [-0.05, 0) is 18.1 Å². The predicted octanol–water partition coefficient (Wildman–Crippen LogP) is 2.31. The van der Waals surface area contributed by atoms with Gasteiger partial charge in [-0.2, -0.15) is 10.5 Å². The van der Waals surface area contributed by atoms with Crippen LogP contribution in [0.3, 0.4) is 0 Å². The number of rotatable bonds is 5. The molecule has 0 fully saturated rings. The van der Waals surface area contributed by atoms with Crippen molar-refractivity contribution in [3.8, 4) is 12.1 Å². The summed E-state index contributed by atoms with van der Waals surface area (Å²) in [6.07, 6.45) is -0.604. The minimum atomic E-state index is -0.871. The van der Waals surface area contributed by atoms with E-state index in [9.17, 15) is 4.79 Å². The Bertz CT molecular complexity index is 526. The Balaban J connectivity index is 2.99. The molecule has 0 bridgehead atoms. The molecule has 5 nitrogen and oxygen atoms in total. The quantitative estimate of drug-likeness (QED) is 0.768. The van der Waals surface area contributed by atoms with E-state index >= 15 is 0 Å². The van der Waals surface area contributed by atoms with E-state index in [0.717, 1.165) is 11.1 Å². The van der Waals surface area contributed by atoms with Gasteiger partial charge >= 0.3 is 5.97 Å². The zero-order chi connectivity index (χ0) is 15.1. The summed E-state index contributed by atoms with van der Waals surface area (Å²) in [5.41, 5.74) is 1.53. The lowest BCUT2D eigenvalue weighted by Crippen LogP contribution is -2.13. The van der Waals surface area contributed by atoms with Gasteiger partial charge in [-0.1, -0.05) is 24.3 Å². The summed E-state index contributed by atoms with van der Waals surface area (Å²) in [5, 5.41) is 17.8. The first kappa shape index (κ1) is 15.7. The Labute approximate surface area is 118 Å². The van der Waals surface area contributed by atoms with Gasteiger partial charge in [0.15, 0.2) is 5.92 Å². The van der Waals surface area contributed by atoms with Crippen LogP contribution < -0.4 is 0 Å². The second-order valence-electron chi connectivity index (χ2n) is 4.30. The molecule has 0 radical (unpaired) electrons. The third kappa shape index (κ3) is 3.34. The SMILES string of the molecule is COC(=O)C(C)c1ccc(C(OC)C(C#N)C#N)cc1. The summed E-state index contributed by atoms with van der Waals surface area (Å²) in [4.78, 5) is 11.5. The highest BCUT2D eigenvalue weighted by Crippen LogP contribution is 2.26. The molecule has 20 heavy (non-hydrogen) atoms. The topological polar surface area (TPSA) is 83.1 Å². The van der Waals surface area contributed by atoms with Gasteiger partial charge in [-0.3, -0.25) is 4.79 Å². The van der Waals surface area contributed by atoms with Gasteiger partial charge in [0.2, 0.25) is 0 Å². The molecule has 1 aromatic carbocycles. The summed E-state index contributed by atoms with van der Waals surface area (Å²) in [7, 11) is 2.80. The van der Waals surface area contributed by atoms with Crippen LogP contribution in [0.4, 0.5) is 0 Å². The number of benzene rings is 1. The molecule has 0 saturated heterocycles. The first-order chi connectivity index (χ1) is 9.58. The van der Waals surface area contributed by atoms with Crippen molar-refractivity contribution >= 4 is 5.97 Å². The smallest absolute Gasteiger partial charge is 0.312 e. The zero-order valence-electron chi connectivity index (χ0n) is 11.7. The number of nitrogens with zero attached hydrogens (tertiary/aromatic N) is 2. The molecule has 0 amide bonds. The molecule has 0 N–H and O–H groups in total. The fourth-order valence-electron chi connectivity index (χ4n) is 1.92. The van der Waals surface area contributed by atoms with Crippen LogP contribution in [0.1, 0.15) is 30.1 Å². The van der Waals surface area contributed by atoms with Crippen molar-refractivity contribution in [2.75, 3.05) is 14.2 Å². The number of methoxy groups -OCH3 is 2. The standard InChI is InChI=1S/C15H16N2O3/c1-10(15(18)20-3)11-4-6-12(7-5-11)14(19-2)13(8-16)9-17/h4-7,10,13-14H,1-3H3. The van der Waals surface area contributed by atoms with E-state index < -0.39 is 12.0 Å². The summed E-state index contributed by atoms with van der Waals surface area (Å²) in [6, 6.07) is 10.9. The van der Waals surface area contributed by atoms with Gasteiger partial charge in [0.1, 0.15) is 6.10 Å². The normalized spacial score (nSPS) is 13.1. The highest BCUT2D eigenvalue weighted by Gasteiger charge is 2.23. The molecule has 2 unspecified atom stereocenters. The molecule has 0 heterocycles. The van der Waals surface area contributed by atoms with Crippen molar-refractivity contribution in [2.24, 2.45) is 5.92 Å². The number of esters is 1. The summed E-state index contributed by atoms with van der Waals surface area (Å²) in [5.74, 6) is -1.55. The van der Waals surface area contributed by atoms with Crippen LogP contribution >= 0.6 is 0 Å². The molecule has 1 rings (SSSR count). The Morgan fingerprint density at radius 1 is 1.10 bits per heavy atom. The van der Waals surface area contributed by atoms with Crippen LogP contribution in [0.2, 0.25) is 0 Å². The molecule has 0 aliphatic heterocycles. The fraction of sp³-hybridized carbons (Fsp3) is 0.400. The average molecular weight is 272 g/mol. The van der Waals surface area contributed by atoms with E-state index in [4.69, 9.17) is 15.3 Å². The molecule has 0 saturated carbocycles. The summed E-state index contributed by atoms with van der Waals surface area (Å²) in [6.45, 7) is 1.75. The third-order valence-corrected chi connectivity index (χ3v) is 3.15. The number of hydrogen-bond acceptors (Lipinski definition) is 5. The maximum atomic E-state index is 11.5. The van der Waals surface area contributed by atoms with Crippen molar-refractivity contribution in [3.05, 3.63) is 35.4 Å². The molecule has 0 aliphatic carbocycles. The Hall–Kier alpha value is -2.37. The zero-order valence-corrected chi connectivity index (χ0v) is 11.7. The molecular formula is C15H16N2O3. The summed E-state index contributed by atoms with van der Waals surface area (Å²) < 4.78 is 9.90. The molecule has 5 heteroatoms. The minimum Gasteiger partial charge on any atom is -0.469 e. The molecule has 0 spiro atoms. The van der Waals surface area contributed by atoms with E-state index in [1.807, 2.05) is 12.1 Å². The van der Waals surface area contributed by atoms with Crippen molar-refractivity contribution in [1.82, 2.24) is 0 Å². The maximum Gasteiger partial charge on any atom is 0.312 e. The minimum absolute atomic E-state index is 0.312. The van der Waals surface area contributed by atoms with Gasteiger partial charge in [0.05, 0.1) is 25.2 Å². The Kier molecular flexibility index (Phi) is 5.71. The number of ether oxygens (including phenoxy) is 2. The lowest BCUT2D eigenvalue weighted by Gasteiger charge is -2.17. The van der Waals surface area contributed by atoms with Gasteiger partial charge in [0, 0.05) is 7.11 Å². The van der Waals surface area contributed by atoms with Crippen molar-refractivity contribution < 1.29 is 14.3 Å². The van der Waals surface area contributed by atoms with Crippen LogP contribution in [-0.2, 0) is 14.3 Å². The number of carbonyl (C=O) groups is 1. The summed E-state index contributed by atoms with van der Waals surface area (Å²) >= 11 is 0. The van der Waals surface area contributed by atoms with Gasteiger partial charge in [0.25, 0.3) is 0 Å². The van der Waals surface area contributed by atoms with E-state index in [-0.39, 0.29) is 11.9 Å². The van der Waals surface area contributed by atoms with E-state index in [0.29, 0.717) is 0 Å². The largest absolute Gasteiger partial charge is 0.469 e. The van der Waals surface area contributed by atoms with Crippen LogP contribution in [0, 0.1) is 28.6 Å². The second kappa shape index (κ2) is 7.28. The monoisotopic (exact) mass is 272 g/mol. The van der Waals surface area contributed by atoms with Gasteiger partial charge in [-0.15, -0.1) is 0 Å². The predicted molar refractivity (Wildman–Crippen MR) is 71.3 cm³/mol. The number of carbonyl (C=O) groups excluding carboxylic acids is 1. The fourth-order valence-corrected chi connectivity index (χ4v) is 1.92. The van der Waals surface area contributed by atoms with Gasteiger partial charge in [-0.25, -0.2) is 0 Å². The highest BCUT2D eigenvalue weighted by atomic mass is 16.5. The number of nitriles is 2.